The summed E-state index contributed by atoms with van der Waals surface area (Å²) in [6.45, 7) is 3.81. The highest BCUT2D eigenvalue weighted by Gasteiger charge is 2.31. The monoisotopic (exact) mass is 450 g/mol. The first kappa shape index (κ1) is 25.1. The fraction of sp³-hybridized carbons (Fsp3) is 0.192. The summed E-state index contributed by atoms with van der Waals surface area (Å²) in [5.41, 5.74) is 2.68. The molecule has 2 N–H and O–H groups in total. The van der Waals surface area contributed by atoms with Gasteiger partial charge in [0, 0.05) is 22.8 Å². The lowest BCUT2D eigenvalue weighted by atomic mass is 9.87. The number of carbonyl (C=O) groups is 3. The van der Waals surface area contributed by atoms with Crippen LogP contribution in [0.1, 0.15) is 41.8 Å². The molecule has 0 atom stereocenters. The number of aliphatic hydroxyl groups excluding tert-OH is 1. The number of aliphatic hydroxyl groups is 1. The maximum Gasteiger partial charge on any atom is 0.328 e. The SMILES string of the molecule is CC(C)=CCC1=C(O)c2ccccc2C(=O)C1=O.COc1ccc(C=CC(=O)O)cc1OC. The number of methoxy groups -OCH3 is 2. The van der Waals surface area contributed by atoms with Gasteiger partial charge in [-0.05, 0) is 44.0 Å². The molecular formula is C26H26O7. The molecule has 0 amide bonds. The van der Waals surface area contributed by atoms with Crippen LogP contribution in [0, 0.1) is 0 Å². The molecule has 7 heteroatoms. The smallest absolute Gasteiger partial charge is 0.328 e. The predicted molar refractivity (Wildman–Crippen MR) is 126 cm³/mol. The van der Waals surface area contributed by atoms with Gasteiger partial charge in [-0.25, -0.2) is 4.79 Å². The van der Waals surface area contributed by atoms with Crippen LogP contribution in [-0.2, 0) is 9.59 Å². The van der Waals surface area contributed by atoms with Crippen molar-refractivity contribution in [2.24, 2.45) is 0 Å². The maximum atomic E-state index is 11.9. The third-order valence-electron chi connectivity index (χ3n) is 4.73. The number of ketones is 2. The number of carboxylic acids is 1. The number of aliphatic carboxylic acids is 1. The minimum absolute atomic E-state index is 0.0762. The van der Waals surface area contributed by atoms with Crippen LogP contribution in [0.15, 0.2) is 65.8 Å². The van der Waals surface area contributed by atoms with E-state index in [2.05, 4.69) is 0 Å². The van der Waals surface area contributed by atoms with Crippen molar-refractivity contribution in [2.75, 3.05) is 14.2 Å². The Morgan fingerprint density at radius 1 is 0.939 bits per heavy atom. The molecule has 0 heterocycles. The van der Waals surface area contributed by atoms with Gasteiger partial charge in [0.15, 0.2) is 11.5 Å². The fourth-order valence-corrected chi connectivity index (χ4v) is 3.04. The average molecular weight is 450 g/mol. The molecule has 0 saturated heterocycles. The number of fused-ring (bicyclic) bond motifs is 1. The summed E-state index contributed by atoms with van der Waals surface area (Å²) in [6.07, 6.45) is 4.67. The highest BCUT2D eigenvalue weighted by molar-refractivity contribution is 6.52. The Morgan fingerprint density at radius 2 is 1.58 bits per heavy atom. The number of hydrogen-bond acceptors (Lipinski definition) is 6. The van der Waals surface area contributed by atoms with E-state index >= 15 is 0 Å². The second-order valence-corrected chi connectivity index (χ2v) is 7.30. The lowest BCUT2D eigenvalue weighted by Gasteiger charge is -2.16. The third kappa shape index (κ3) is 6.43. The van der Waals surface area contributed by atoms with E-state index in [0.29, 0.717) is 17.1 Å². The third-order valence-corrected chi connectivity index (χ3v) is 4.73. The van der Waals surface area contributed by atoms with E-state index in [1.54, 1.807) is 49.6 Å². The van der Waals surface area contributed by atoms with Crippen molar-refractivity contribution in [1.82, 2.24) is 0 Å². The van der Waals surface area contributed by atoms with Crippen molar-refractivity contribution in [3.63, 3.8) is 0 Å². The Balaban J connectivity index is 0.000000238. The van der Waals surface area contributed by atoms with Gasteiger partial charge in [-0.1, -0.05) is 42.0 Å². The Bertz CT molecular complexity index is 1150. The van der Waals surface area contributed by atoms with E-state index in [-0.39, 0.29) is 23.3 Å². The molecule has 0 radical (unpaired) electrons. The summed E-state index contributed by atoms with van der Waals surface area (Å²) >= 11 is 0. The highest BCUT2D eigenvalue weighted by Crippen LogP contribution is 2.30. The lowest BCUT2D eigenvalue weighted by Crippen LogP contribution is -2.23. The first-order chi connectivity index (χ1) is 15.7. The maximum absolute atomic E-state index is 11.9. The van der Waals surface area contributed by atoms with E-state index in [0.717, 1.165) is 17.2 Å². The highest BCUT2D eigenvalue weighted by atomic mass is 16.5. The number of ether oxygens (including phenoxy) is 2. The van der Waals surface area contributed by atoms with Crippen LogP contribution >= 0.6 is 0 Å². The molecule has 172 valence electrons. The van der Waals surface area contributed by atoms with Crippen LogP contribution in [0.2, 0.25) is 0 Å². The van der Waals surface area contributed by atoms with Gasteiger partial charge in [-0.15, -0.1) is 0 Å². The molecule has 0 bridgehead atoms. The summed E-state index contributed by atoms with van der Waals surface area (Å²) in [6, 6.07) is 11.8. The number of benzene rings is 2. The largest absolute Gasteiger partial charge is 0.507 e. The molecule has 0 aliphatic heterocycles. The number of allylic oxidation sites excluding steroid dienone is 3. The molecular weight excluding hydrogens is 424 g/mol. The zero-order valence-electron chi connectivity index (χ0n) is 18.9. The second-order valence-electron chi connectivity index (χ2n) is 7.30. The second kappa shape index (κ2) is 11.5. The topological polar surface area (TPSA) is 110 Å². The van der Waals surface area contributed by atoms with E-state index in [1.807, 2.05) is 19.9 Å². The zero-order valence-corrected chi connectivity index (χ0v) is 18.9. The Hall–Kier alpha value is -4.13. The molecule has 0 aromatic heterocycles. The van der Waals surface area contributed by atoms with Crippen molar-refractivity contribution in [2.45, 2.75) is 20.3 Å². The van der Waals surface area contributed by atoms with Gasteiger partial charge in [-0.3, -0.25) is 9.59 Å². The van der Waals surface area contributed by atoms with E-state index in [9.17, 15) is 19.5 Å². The van der Waals surface area contributed by atoms with E-state index < -0.39 is 17.5 Å². The van der Waals surface area contributed by atoms with Gasteiger partial charge in [0.2, 0.25) is 11.6 Å². The molecule has 0 fully saturated rings. The molecule has 1 aliphatic rings. The first-order valence-electron chi connectivity index (χ1n) is 10.1. The van der Waals surface area contributed by atoms with Gasteiger partial charge in [0.05, 0.1) is 14.2 Å². The summed E-state index contributed by atoms with van der Waals surface area (Å²) < 4.78 is 10.1. The zero-order chi connectivity index (χ0) is 24.5. The summed E-state index contributed by atoms with van der Waals surface area (Å²) in [7, 11) is 3.08. The molecule has 3 rings (SSSR count). The Morgan fingerprint density at radius 3 is 2.15 bits per heavy atom. The van der Waals surface area contributed by atoms with Crippen molar-refractivity contribution >= 4 is 29.4 Å². The van der Waals surface area contributed by atoms with Crippen LogP contribution in [-0.4, -0.2) is 42.0 Å². The minimum atomic E-state index is -0.982. The van der Waals surface area contributed by atoms with E-state index in [4.69, 9.17) is 14.6 Å². The lowest BCUT2D eigenvalue weighted by molar-refractivity contribution is -0.131. The van der Waals surface area contributed by atoms with Crippen LogP contribution < -0.4 is 9.47 Å². The van der Waals surface area contributed by atoms with Gasteiger partial charge in [0.1, 0.15) is 5.76 Å². The van der Waals surface area contributed by atoms with Gasteiger partial charge in [0.25, 0.3) is 0 Å². The van der Waals surface area contributed by atoms with Crippen molar-refractivity contribution in [3.8, 4) is 11.5 Å². The molecule has 33 heavy (non-hydrogen) atoms. The number of carboxylic acid groups (broad SMARTS) is 1. The molecule has 1 aliphatic carbocycles. The summed E-state index contributed by atoms with van der Waals surface area (Å²) in [5.74, 6) is -1.02. The number of rotatable bonds is 6. The molecule has 0 saturated carbocycles. The Kier molecular flexibility index (Phi) is 8.74. The van der Waals surface area contributed by atoms with Gasteiger partial charge in [-0.2, -0.15) is 0 Å². The molecule has 2 aromatic rings. The van der Waals surface area contributed by atoms with Crippen LogP contribution in [0.5, 0.6) is 11.5 Å². The van der Waals surface area contributed by atoms with E-state index in [1.165, 1.54) is 13.2 Å². The molecule has 2 aromatic carbocycles. The van der Waals surface area contributed by atoms with Gasteiger partial charge < -0.3 is 19.7 Å². The Labute approximate surface area is 192 Å². The van der Waals surface area contributed by atoms with Crippen LogP contribution in [0.3, 0.4) is 0 Å². The molecule has 7 nitrogen and oxygen atoms in total. The number of hydrogen-bond donors (Lipinski definition) is 2. The predicted octanol–water partition coefficient (Wildman–Crippen LogP) is 4.88. The average Bonchev–Trinajstić information content (AvgIpc) is 2.81. The first-order valence-corrected chi connectivity index (χ1v) is 10.1. The quantitative estimate of drug-likeness (QED) is 0.367. The van der Waals surface area contributed by atoms with Crippen molar-refractivity contribution in [3.05, 3.63) is 82.5 Å². The van der Waals surface area contributed by atoms with Crippen LogP contribution in [0.25, 0.3) is 11.8 Å². The standard InChI is InChI=1S/C15H14O3.C11H12O4/c1-9(2)7-8-12-13(16)10-5-3-4-6-11(10)14(17)15(12)18;1-14-9-5-3-8(4-6-11(12)13)7-10(9)15-2/h3-7,16H,8H2,1-2H3;3-7H,1-2H3,(H,12,13). The summed E-state index contributed by atoms with van der Waals surface area (Å²) in [4.78, 5) is 34.1. The molecule has 0 spiro atoms. The minimum Gasteiger partial charge on any atom is -0.507 e. The van der Waals surface area contributed by atoms with Crippen molar-refractivity contribution in [1.29, 1.82) is 0 Å². The number of Topliss-reactive ketones (excluding diaryl/α,β-unsaturated/α-hetero) is 2. The normalized spacial score (nSPS) is 12.6. The summed E-state index contributed by atoms with van der Waals surface area (Å²) in [5, 5.41) is 18.6. The number of carbonyl (C=O) groups excluding carboxylic acids is 2. The molecule has 0 unspecified atom stereocenters. The van der Waals surface area contributed by atoms with Gasteiger partial charge >= 0.3 is 5.97 Å². The van der Waals surface area contributed by atoms with Crippen LogP contribution in [0.4, 0.5) is 0 Å². The van der Waals surface area contributed by atoms with Crippen molar-refractivity contribution < 1.29 is 34.1 Å². The fourth-order valence-electron chi connectivity index (χ4n) is 3.04.